The van der Waals surface area contributed by atoms with Crippen LogP contribution in [0.4, 0.5) is 0 Å². The average Bonchev–Trinajstić information content (AvgIpc) is 2.58. The van der Waals surface area contributed by atoms with Gasteiger partial charge in [-0.2, -0.15) is 0 Å². The predicted octanol–water partition coefficient (Wildman–Crippen LogP) is 2.54. The van der Waals surface area contributed by atoms with Crippen LogP contribution in [0.25, 0.3) is 0 Å². The van der Waals surface area contributed by atoms with Gasteiger partial charge in [-0.15, -0.1) is 0 Å². The van der Waals surface area contributed by atoms with Gasteiger partial charge < -0.3 is 0 Å². The number of hydrogen-bond acceptors (Lipinski definition) is 2. The molecule has 0 bridgehead atoms. The van der Waals surface area contributed by atoms with Gasteiger partial charge in [0.1, 0.15) is 0 Å². The molecule has 13 heavy (non-hydrogen) atoms. The molecule has 0 amide bonds. The normalized spacial score (nSPS) is 39.8. The minimum atomic E-state index is -1.35. The van der Waals surface area contributed by atoms with E-state index in [2.05, 4.69) is 19.3 Å². The molecule has 0 spiro atoms. The van der Waals surface area contributed by atoms with Gasteiger partial charge in [0.2, 0.25) is 0 Å². The first-order chi connectivity index (χ1) is 6.32. The van der Waals surface area contributed by atoms with Gasteiger partial charge in [-0.25, -0.2) is 0 Å². The number of hydrogen-bond donors (Lipinski definition) is 1. The molecular weight excluding hydrogens is 181 g/mol. The summed E-state index contributed by atoms with van der Waals surface area (Å²) in [5, 5.41) is 0. The van der Waals surface area contributed by atoms with Gasteiger partial charge in [-0.3, -0.25) is 0 Å². The van der Waals surface area contributed by atoms with Crippen LogP contribution < -0.4 is 5.48 Å². The third-order valence-electron chi connectivity index (χ3n) is 4.05. The Balaban J connectivity index is 2.13. The second-order valence-corrected chi connectivity index (χ2v) is 8.98. The molecule has 0 aromatic carbocycles. The summed E-state index contributed by atoms with van der Waals surface area (Å²) in [4.78, 5) is 0. The first-order valence-corrected chi connectivity index (χ1v) is 8.16. The molecule has 1 heterocycles. The van der Waals surface area contributed by atoms with E-state index in [1.807, 2.05) is 0 Å². The van der Waals surface area contributed by atoms with Crippen molar-refractivity contribution in [2.24, 2.45) is 0 Å². The fraction of sp³-hybridized carbons (Fsp3) is 1.00. The molecular formula is C10H22NOP. The van der Waals surface area contributed by atoms with Crippen LogP contribution in [-0.2, 0) is 4.62 Å². The maximum atomic E-state index is 5.97. The van der Waals surface area contributed by atoms with Crippen LogP contribution in [-0.4, -0.2) is 24.0 Å². The second kappa shape index (κ2) is 3.84. The number of rotatable bonds is 2. The molecule has 2 rings (SSSR count). The summed E-state index contributed by atoms with van der Waals surface area (Å²) in [6.07, 6.45) is 8.18. The van der Waals surface area contributed by atoms with Crippen molar-refractivity contribution >= 4 is 7.49 Å². The van der Waals surface area contributed by atoms with Crippen molar-refractivity contribution < 1.29 is 4.62 Å². The second-order valence-electron chi connectivity index (χ2n) is 4.49. The molecule has 1 aliphatic heterocycles. The molecule has 1 saturated carbocycles. The van der Waals surface area contributed by atoms with Gasteiger partial charge in [0.15, 0.2) is 0 Å². The predicted molar refractivity (Wildman–Crippen MR) is 59.7 cm³/mol. The van der Waals surface area contributed by atoms with Crippen molar-refractivity contribution in [3.8, 4) is 0 Å². The molecule has 1 saturated heterocycles. The Morgan fingerprint density at radius 3 is 2.62 bits per heavy atom. The molecule has 2 fully saturated rings. The summed E-state index contributed by atoms with van der Waals surface area (Å²) in [7, 11) is -1.35. The van der Waals surface area contributed by atoms with E-state index in [1.165, 1.54) is 38.0 Å². The molecule has 2 atom stereocenters. The van der Waals surface area contributed by atoms with Crippen molar-refractivity contribution in [1.82, 2.24) is 5.48 Å². The number of fused-ring (bicyclic) bond motifs is 1. The summed E-state index contributed by atoms with van der Waals surface area (Å²) in [6, 6.07) is 0.709. The molecule has 2 unspecified atom stereocenters. The van der Waals surface area contributed by atoms with E-state index >= 15 is 0 Å². The summed E-state index contributed by atoms with van der Waals surface area (Å²) in [5.41, 5.74) is 4.23. The Bertz CT molecular complexity index is 182. The Morgan fingerprint density at radius 2 is 1.92 bits per heavy atom. The molecule has 0 aromatic heterocycles. The quantitative estimate of drug-likeness (QED) is 0.696. The Kier molecular flexibility index (Phi) is 2.92. The standard InChI is InChI=1S/C10H22NOP/c1-3-13(4-2)10-8-6-5-7-9(10)11-12-13/h9-11,13H,3-8H2,1-2H3. The Labute approximate surface area is 81.8 Å². The summed E-state index contributed by atoms with van der Waals surface area (Å²) in [6.45, 7) is 4.63. The molecule has 3 heteroatoms. The molecule has 2 aliphatic rings. The number of nitrogens with one attached hydrogen (secondary N) is 1. The van der Waals surface area contributed by atoms with Crippen LogP contribution in [0.1, 0.15) is 39.5 Å². The van der Waals surface area contributed by atoms with Gasteiger partial charge in [-0.05, 0) is 0 Å². The first kappa shape index (κ1) is 9.89. The molecule has 0 aromatic rings. The van der Waals surface area contributed by atoms with Crippen LogP contribution in [0, 0.1) is 0 Å². The first-order valence-electron chi connectivity index (χ1n) is 5.76. The van der Waals surface area contributed by atoms with E-state index in [1.54, 1.807) is 0 Å². The van der Waals surface area contributed by atoms with Crippen LogP contribution >= 0.6 is 7.49 Å². The molecule has 1 aliphatic carbocycles. The van der Waals surface area contributed by atoms with Crippen LogP contribution in [0.3, 0.4) is 0 Å². The zero-order valence-electron chi connectivity index (χ0n) is 8.81. The zero-order valence-corrected chi connectivity index (χ0v) is 9.81. The maximum absolute atomic E-state index is 5.97. The van der Waals surface area contributed by atoms with E-state index in [4.69, 9.17) is 4.62 Å². The van der Waals surface area contributed by atoms with Gasteiger partial charge in [0.25, 0.3) is 0 Å². The topological polar surface area (TPSA) is 21.3 Å². The zero-order chi connectivity index (χ0) is 9.31. The average molecular weight is 203 g/mol. The monoisotopic (exact) mass is 203 g/mol. The number of hydroxylamine groups is 1. The van der Waals surface area contributed by atoms with Crippen LogP contribution in [0.5, 0.6) is 0 Å². The molecule has 0 radical (unpaired) electrons. The van der Waals surface area contributed by atoms with E-state index in [-0.39, 0.29) is 0 Å². The molecule has 2 nitrogen and oxygen atoms in total. The Morgan fingerprint density at radius 1 is 1.23 bits per heavy atom. The third-order valence-corrected chi connectivity index (χ3v) is 9.01. The summed E-state index contributed by atoms with van der Waals surface area (Å²) < 4.78 is 5.97. The van der Waals surface area contributed by atoms with E-state index in [0.29, 0.717) is 6.04 Å². The molecule has 1 N–H and O–H groups in total. The van der Waals surface area contributed by atoms with Crippen molar-refractivity contribution in [2.75, 3.05) is 12.3 Å². The fourth-order valence-electron chi connectivity index (χ4n) is 3.09. The van der Waals surface area contributed by atoms with Crippen LogP contribution in [0.2, 0.25) is 0 Å². The fourth-order valence-corrected chi connectivity index (χ4v) is 7.16. The summed E-state index contributed by atoms with van der Waals surface area (Å²) in [5.74, 6) is 0. The summed E-state index contributed by atoms with van der Waals surface area (Å²) >= 11 is 0. The van der Waals surface area contributed by atoms with E-state index < -0.39 is 7.49 Å². The SMILES string of the molecule is CC[PH]1(CC)ONC2CCCCC21. The van der Waals surface area contributed by atoms with Crippen molar-refractivity contribution in [1.29, 1.82) is 0 Å². The van der Waals surface area contributed by atoms with Crippen molar-refractivity contribution in [3.63, 3.8) is 0 Å². The third kappa shape index (κ3) is 1.54. The van der Waals surface area contributed by atoms with Gasteiger partial charge >= 0.3 is 81.1 Å². The van der Waals surface area contributed by atoms with E-state index in [0.717, 1.165) is 5.66 Å². The Hall–Kier alpha value is 0.350. The van der Waals surface area contributed by atoms with Crippen molar-refractivity contribution in [3.05, 3.63) is 0 Å². The molecule has 78 valence electrons. The minimum absolute atomic E-state index is 0.709. The van der Waals surface area contributed by atoms with Gasteiger partial charge in [-0.1, -0.05) is 0 Å². The van der Waals surface area contributed by atoms with Crippen molar-refractivity contribution in [2.45, 2.75) is 51.2 Å². The van der Waals surface area contributed by atoms with E-state index in [9.17, 15) is 0 Å². The van der Waals surface area contributed by atoms with Gasteiger partial charge in [0.05, 0.1) is 0 Å². The van der Waals surface area contributed by atoms with Gasteiger partial charge in [0, 0.05) is 0 Å². The van der Waals surface area contributed by atoms with Crippen LogP contribution in [0.15, 0.2) is 0 Å².